The number of carbonyl (C=O) groups excluding carboxylic acids is 2. The second-order valence-electron chi connectivity index (χ2n) is 10.7. The molecule has 0 aromatic rings. The van der Waals surface area contributed by atoms with Gasteiger partial charge in [-0.2, -0.15) is 0 Å². The number of amides is 2. The van der Waals surface area contributed by atoms with Gasteiger partial charge in [0.2, 0.25) is 11.8 Å². The van der Waals surface area contributed by atoms with Crippen LogP contribution in [0.3, 0.4) is 0 Å². The van der Waals surface area contributed by atoms with Gasteiger partial charge in [-0.15, -0.1) is 0 Å². The summed E-state index contributed by atoms with van der Waals surface area (Å²) in [6, 6.07) is -1.84. The molecule has 2 atom stereocenters. The first-order valence-corrected chi connectivity index (χ1v) is 18.0. The average molecular weight is 605 g/mol. The molecule has 2 amide bonds. The molecular formula is C30H56N2O6S2. The van der Waals surface area contributed by atoms with Crippen LogP contribution in [-0.2, 0) is 19.2 Å². The van der Waals surface area contributed by atoms with E-state index in [4.69, 9.17) is 5.11 Å². The van der Waals surface area contributed by atoms with Gasteiger partial charge in [-0.1, -0.05) is 131 Å². The molecule has 0 radical (unpaired) electrons. The van der Waals surface area contributed by atoms with E-state index in [9.17, 15) is 24.3 Å². The number of nitrogens with one attached hydrogen (secondary N) is 2. The molecule has 40 heavy (non-hydrogen) atoms. The van der Waals surface area contributed by atoms with E-state index in [2.05, 4.69) is 17.6 Å². The van der Waals surface area contributed by atoms with Crippen LogP contribution in [0.1, 0.15) is 142 Å². The van der Waals surface area contributed by atoms with E-state index in [1.807, 2.05) is 0 Å². The third-order valence-corrected chi connectivity index (χ3v) is 9.35. The standard InChI is InChI=1S/C30H56N2O6S2/c1-3-4-5-6-7-8-9-10-11-12-13-14-15-16-17-18-19-20-28(34)32-27(30(37)38)22-24-40-39-23-21-26(29(35)36)31-25(2)33/h26-27H,3-24H2,1-2H3,(H,31,33)(H,32,34)(H,35,36)(H,37,38). The molecular weight excluding hydrogens is 548 g/mol. The Morgan fingerprint density at radius 1 is 0.575 bits per heavy atom. The highest BCUT2D eigenvalue weighted by Crippen LogP contribution is 2.24. The maximum atomic E-state index is 12.2. The second kappa shape index (κ2) is 27.7. The Balaban J connectivity index is 3.68. The Labute approximate surface area is 250 Å². The molecule has 8 nitrogen and oxygen atoms in total. The lowest BCUT2D eigenvalue weighted by Gasteiger charge is -2.15. The molecule has 0 fully saturated rings. The fraction of sp³-hybridized carbons (Fsp3) is 0.867. The van der Waals surface area contributed by atoms with Crippen molar-refractivity contribution < 1.29 is 29.4 Å². The Kier molecular flexibility index (Phi) is 26.8. The molecule has 2 unspecified atom stereocenters. The van der Waals surface area contributed by atoms with E-state index in [1.54, 1.807) is 0 Å². The molecule has 4 N–H and O–H groups in total. The molecule has 0 heterocycles. The number of aliphatic carboxylic acids is 2. The zero-order valence-electron chi connectivity index (χ0n) is 25.1. The van der Waals surface area contributed by atoms with Crippen molar-refractivity contribution in [3.63, 3.8) is 0 Å². The molecule has 234 valence electrons. The number of unbranched alkanes of at least 4 members (excludes halogenated alkanes) is 16. The van der Waals surface area contributed by atoms with Crippen molar-refractivity contribution in [3.05, 3.63) is 0 Å². The fourth-order valence-corrected chi connectivity index (χ4v) is 6.67. The van der Waals surface area contributed by atoms with Crippen molar-refractivity contribution in [1.82, 2.24) is 10.6 Å². The van der Waals surface area contributed by atoms with Gasteiger partial charge in [-0.05, 0) is 19.3 Å². The van der Waals surface area contributed by atoms with Gasteiger partial charge >= 0.3 is 11.9 Å². The Morgan fingerprint density at radius 2 is 0.925 bits per heavy atom. The summed E-state index contributed by atoms with van der Waals surface area (Å²) in [6.45, 7) is 3.54. The fourth-order valence-electron chi connectivity index (χ4n) is 4.49. The lowest BCUT2D eigenvalue weighted by atomic mass is 10.0. The van der Waals surface area contributed by atoms with Crippen LogP contribution < -0.4 is 10.6 Å². The van der Waals surface area contributed by atoms with Crippen molar-refractivity contribution >= 4 is 45.3 Å². The van der Waals surface area contributed by atoms with Crippen molar-refractivity contribution in [1.29, 1.82) is 0 Å². The summed E-state index contributed by atoms with van der Waals surface area (Å²) in [5, 5.41) is 23.5. The zero-order chi connectivity index (χ0) is 29.8. The number of hydrogen-bond donors (Lipinski definition) is 4. The van der Waals surface area contributed by atoms with Gasteiger partial charge in [0.15, 0.2) is 0 Å². The van der Waals surface area contributed by atoms with Gasteiger partial charge in [-0.3, -0.25) is 9.59 Å². The summed E-state index contributed by atoms with van der Waals surface area (Å²) in [5.41, 5.74) is 0. The van der Waals surface area contributed by atoms with Crippen LogP contribution in [-0.4, -0.2) is 57.6 Å². The SMILES string of the molecule is CCCCCCCCCCCCCCCCCCCC(=O)NC(CCSSCCC(NC(C)=O)C(=O)O)C(=O)O. The minimum atomic E-state index is -1.07. The second-order valence-corrected chi connectivity index (χ2v) is 13.4. The lowest BCUT2D eigenvalue weighted by Crippen LogP contribution is -2.41. The van der Waals surface area contributed by atoms with Crippen molar-refractivity contribution in [3.8, 4) is 0 Å². The van der Waals surface area contributed by atoms with Crippen LogP contribution in [0, 0.1) is 0 Å². The Morgan fingerprint density at radius 3 is 1.27 bits per heavy atom. The zero-order valence-corrected chi connectivity index (χ0v) is 26.7. The molecule has 0 aliphatic carbocycles. The number of rotatable bonds is 29. The number of hydrogen-bond acceptors (Lipinski definition) is 6. The lowest BCUT2D eigenvalue weighted by molar-refractivity contribution is -0.142. The van der Waals surface area contributed by atoms with Crippen molar-refractivity contribution in [2.24, 2.45) is 0 Å². The molecule has 0 spiro atoms. The molecule has 0 rings (SSSR count). The molecule has 0 bridgehead atoms. The third-order valence-electron chi connectivity index (χ3n) is 6.88. The summed E-state index contributed by atoms with van der Waals surface area (Å²) >= 11 is 0. The first kappa shape index (κ1) is 38.6. The number of carboxylic acids is 2. The Hall–Kier alpha value is -1.42. The van der Waals surface area contributed by atoms with Crippen LogP contribution in [0.2, 0.25) is 0 Å². The largest absolute Gasteiger partial charge is 0.480 e. The normalized spacial score (nSPS) is 12.6. The predicted octanol–water partition coefficient (Wildman–Crippen LogP) is 7.35. The van der Waals surface area contributed by atoms with E-state index < -0.39 is 24.0 Å². The third kappa shape index (κ3) is 25.5. The van der Waals surface area contributed by atoms with E-state index in [0.29, 0.717) is 24.3 Å². The molecule has 0 saturated carbocycles. The highest BCUT2D eigenvalue weighted by Gasteiger charge is 2.20. The van der Waals surface area contributed by atoms with Gasteiger partial charge in [0.1, 0.15) is 12.1 Å². The first-order valence-electron chi connectivity index (χ1n) is 15.5. The van der Waals surface area contributed by atoms with Crippen molar-refractivity contribution in [2.75, 3.05) is 11.5 Å². The molecule has 0 aliphatic heterocycles. The maximum Gasteiger partial charge on any atom is 0.326 e. The van der Waals surface area contributed by atoms with Gasteiger partial charge in [0, 0.05) is 24.9 Å². The smallest absolute Gasteiger partial charge is 0.326 e. The Bertz CT molecular complexity index is 681. The maximum absolute atomic E-state index is 12.2. The molecule has 0 aliphatic rings. The minimum Gasteiger partial charge on any atom is -0.480 e. The summed E-state index contributed by atoms with van der Waals surface area (Å²) < 4.78 is 0. The number of carboxylic acid groups (broad SMARTS) is 2. The first-order chi connectivity index (χ1) is 19.3. The van der Waals surface area contributed by atoms with Crippen LogP contribution in [0.5, 0.6) is 0 Å². The highest BCUT2D eigenvalue weighted by molar-refractivity contribution is 8.76. The molecule has 0 aromatic carbocycles. The molecule has 0 saturated heterocycles. The van der Waals surface area contributed by atoms with Crippen LogP contribution in [0.4, 0.5) is 0 Å². The average Bonchev–Trinajstić information content (AvgIpc) is 2.90. The molecule has 10 heteroatoms. The summed E-state index contributed by atoms with van der Waals surface area (Å²) in [6.07, 6.45) is 22.7. The summed E-state index contributed by atoms with van der Waals surface area (Å²) in [5.74, 6) is -1.71. The van der Waals surface area contributed by atoms with Crippen molar-refractivity contribution in [2.45, 2.75) is 154 Å². The summed E-state index contributed by atoms with van der Waals surface area (Å²) in [4.78, 5) is 45.9. The highest BCUT2D eigenvalue weighted by atomic mass is 33.1. The van der Waals surface area contributed by atoms with Gasteiger partial charge in [0.05, 0.1) is 0 Å². The van der Waals surface area contributed by atoms with Crippen LogP contribution in [0.15, 0.2) is 0 Å². The quantitative estimate of drug-likeness (QED) is 0.0515. The van der Waals surface area contributed by atoms with Gasteiger partial charge < -0.3 is 20.8 Å². The topological polar surface area (TPSA) is 133 Å². The number of carbonyl (C=O) groups is 4. The van der Waals surface area contributed by atoms with E-state index in [1.165, 1.54) is 118 Å². The van der Waals surface area contributed by atoms with Crippen LogP contribution in [0.25, 0.3) is 0 Å². The minimum absolute atomic E-state index is 0.217. The van der Waals surface area contributed by atoms with Gasteiger partial charge in [-0.25, -0.2) is 9.59 Å². The van der Waals surface area contributed by atoms with E-state index in [-0.39, 0.29) is 18.2 Å². The van der Waals surface area contributed by atoms with Gasteiger partial charge in [0.25, 0.3) is 0 Å². The predicted molar refractivity (Wildman–Crippen MR) is 168 cm³/mol. The monoisotopic (exact) mass is 604 g/mol. The van der Waals surface area contributed by atoms with Crippen LogP contribution >= 0.6 is 21.6 Å². The summed E-state index contributed by atoms with van der Waals surface area (Å²) in [7, 11) is 2.86. The van der Waals surface area contributed by atoms with E-state index in [0.717, 1.165) is 19.3 Å². The molecule has 0 aromatic heterocycles. The van der Waals surface area contributed by atoms with E-state index >= 15 is 0 Å².